The highest BCUT2D eigenvalue weighted by molar-refractivity contribution is 7.13. The minimum atomic E-state index is -0.233. The van der Waals surface area contributed by atoms with Gasteiger partial charge in [0, 0.05) is 18.1 Å². The number of furan rings is 1. The first-order valence-electron chi connectivity index (χ1n) is 7.55. The van der Waals surface area contributed by atoms with Gasteiger partial charge < -0.3 is 9.73 Å². The number of piperidine rings is 1. The van der Waals surface area contributed by atoms with E-state index in [1.54, 1.807) is 12.5 Å². The minimum Gasteiger partial charge on any atom is -0.468 e. The van der Waals surface area contributed by atoms with Crippen LogP contribution in [0.3, 0.4) is 0 Å². The number of nitrogens with one attached hydrogen (secondary N) is 2. The van der Waals surface area contributed by atoms with Gasteiger partial charge in [0.1, 0.15) is 5.76 Å². The summed E-state index contributed by atoms with van der Waals surface area (Å²) in [4.78, 5) is 18.4. The summed E-state index contributed by atoms with van der Waals surface area (Å²) in [6, 6.07) is 3.71. The molecule has 118 valence electrons. The van der Waals surface area contributed by atoms with E-state index in [9.17, 15) is 4.79 Å². The van der Waals surface area contributed by atoms with Crippen molar-refractivity contribution in [2.24, 2.45) is 0 Å². The highest BCUT2D eigenvalue weighted by Gasteiger charge is 2.24. The van der Waals surface area contributed by atoms with E-state index in [4.69, 9.17) is 4.42 Å². The first kappa shape index (κ1) is 15.1. The lowest BCUT2D eigenvalue weighted by Crippen LogP contribution is -2.41. The maximum absolute atomic E-state index is 12.0. The number of nitrogens with zero attached hydrogens (tertiary/aromatic N) is 2. The van der Waals surface area contributed by atoms with Gasteiger partial charge in [0.2, 0.25) is 0 Å². The molecule has 0 aromatic carbocycles. The van der Waals surface area contributed by atoms with Gasteiger partial charge in [-0.1, -0.05) is 6.42 Å². The average molecular weight is 320 g/mol. The van der Waals surface area contributed by atoms with E-state index in [0.717, 1.165) is 18.8 Å². The number of hydrogen-bond acceptors (Lipinski definition) is 5. The summed E-state index contributed by atoms with van der Waals surface area (Å²) in [5.41, 5.74) is 0. The summed E-state index contributed by atoms with van der Waals surface area (Å²) in [6.45, 7) is 2.60. The molecule has 22 heavy (non-hydrogen) atoms. The SMILES string of the molecule is O=C(NC[C@@H](c1ccco1)N1CCCCC1)Nc1nccs1. The number of carbonyl (C=O) groups is 1. The first-order valence-corrected chi connectivity index (χ1v) is 8.43. The van der Waals surface area contributed by atoms with Crippen molar-refractivity contribution in [2.45, 2.75) is 25.3 Å². The second-order valence-corrected chi connectivity index (χ2v) is 6.19. The Labute approximate surface area is 133 Å². The van der Waals surface area contributed by atoms with Gasteiger partial charge in [-0.3, -0.25) is 10.2 Å². The molecule has 2 aromatic rings. The number of amides is 2. The summed E-state index contributed by atoms with van der Waals surface area (Å²) >= 11 is 1.40. The fourth-order valence-corrected chi connectivity index (χ4v) is 3.26. The fourth-order valence-electron chi connectivity index (χ4n) is 2.74. The highest BCUT2D eigenvalue weighted by Crippen LogP contribution is 2.24. The molecule has 2 aromatic heterocycles. The molecule has 1 aliphatic rings. The molecule has 0 aliphatic carbocycles. The number of aromatic nitrogens is 1. The molecule has 1 fully saturated rings. The molecule has 3 rings (SSSR count). The number of urea groups is 1. The standard InChI is InChI=1S/C15H20N4O2S/c20-14(18-15-16-6-10-22-15)17-11-12(13-5-4-9-21-13)19-7-2-1-3-8-19/h4-6,9-10,12H,1-3,7-8,11H2,(H2,16,17,18,20)/t12-/m0/s1. The van der Waals surface area contributed by atoms with Crippen LogP contribution in [0.25, 0.3) is 0 Å². The Kier molecular flexibility index (Phi) is 5.07. The Morgan fingerprint density at radius 3 is 2.95 bits per heavy atom. The van der Waals surface area contributed by atoms with Gasteiger partial charge in [-0.25, -0.2) is 9.78 Å². The van der Waals surface area contributed by atoms with Gasteiger partial charge >= 0.3 is 6.03 Å². The van der Waals surface area contributed by atoms with Gasteiger partial charge in [-0.15, -0.1) is 11.3 Å². The maximum atomic E-state index is 12.0. The predicted molar refractivity (Wildman–Crippen MR) is 86.0 cm³/mol. The Hall–Kier alpha value is -1.86. The Morgan fingerprint density at radius 2 is 2.27 bits per heavy atom. The van der Waals surface area contributed by atoms with Crippen LogP contribution in [0.5, 0.6) is 0 Å². The Balaban J connectivity index is 1.59. The molecule has 2 amide bonds. The van der Waals surface area contributed by atoms with E-state index in [0.29, 0.717) is 11.7 Å². The molecule has 1 saturated heterocycles. The van der Waals surface area contributed by atoms with Gasteiger partial charge in [-0.2, -0.15) is 0 Å². The number of likely N-dealkylation sites (tertiary alicyclic amines) is 1. The second-order valence-electron chi connectivity index (χ2n) is 5.30. The zero-order valence-electron chi connectivity index (χ0n) is 12.3. The lowest BCUT2D eigenvalue weighted by molar-refractivity contribution is 0.144. The van der Waals surface area contributed by atoms with Crippen LogP contribution in [0.2, 0.25) is 0 Å². The van der Waals surface area contributed by atoms with Crippen LogP contribution in [0.15, 0.2) is 34.4 Å². The lowest BCUT2D eigenvalue weighted by Gasteiger charge is -2.33. The molecule has 0 bridgehead atoms. The zero-order chi connectivity index (χ0) is 15.2. The molecular weight excluding hydrogens is 300 g/mol. The zero-order valence-corrected chi connectivity index (χ0v) is 13.1. The van der Waals surface area contributed by atoms with Crippen molar-refractivity contribution in [3.05, 3.63) is 35.7 Å². The van der Waals surface area contributed by atoms with Crippen LogP contribution in [0.1, 0.15) is 31.1 Å². The van der Waals surface area contributed by atoms with Crippen molar-refractivity contribution in [2.75, 3.05) is 25.0 Å². The molecule has 6 nitrogen and oxygen atoms in total. The molecule has 0 saturated carbocycles. The molecule has 0 radical (unpaired) electrons. The third-order valence-electron chi connectivity index (χ3n) is 3.81. The van der Waals surface area contributed by atoms with E-state index in [2.05, 4.69) is 20.5 Å². The van der Waals surface area contributed by atoms with E-state index < -0.39 is 0 Å². The number of rotatable bonds is 5. The second kappa shape index (κ2) is 7.42. The van der Waals surface area contributed by atoms with E-state index >= 15 is 0 Å². The summed E-state index contributed by atoms with van der Waals surface area (Å²) < 4.78 is 5.56. The third kappa shape index (κ3) is 3.86. The van der Waals surface area contributed by atoms with E-state index in [1.807, 2.05) is 17.5 Å². The van der Waals surface area contributed by atoms with E-state index in [-0.39, 0.29) is 12.1 Å². The Bertz CT molecular complexity index is 564. The largest absolute Gasteiger partial charge is 0.468 e. The van der Waals surface area contributed by atoms with Crippen LogP contribution in [0.4, 0.5) is 9.93 Å². The van der Waals surface area contributed by atoms with Crippen molar-refractivity contribution in [3.63, 3.8) is 0 Å². The minimum absolute atomic E-state index is 0.0809. The predicted octanol–water partition coefficient (Wildman–Crippen LogP) is 3.08. The molecule has 1 atom stereocenters. The summed E-state index contributed by atoms with van der Waals surface area (Å²) in [7, 11) is 0. The smallest absolute Gasteiger partial charge is 0.321 e. The monoisotopic (exact) mass is 320 g/mol. The van der Waals surface area contributed by atoms with Gasteiger partial charge in [-0.05, 0) is 38.1 Å². The molecule has 2 N–H and O–H groups in total. The topological polar surface area (TPSA) is 70.4 Å². The quantitative estimate of drug-likeness (QED) is 0.888. The van der Waals surface area contributed by atoms with Crippen LogP contribution in [-0.2, 0) is 0 Å². The molecule has 3 heterocycles. The highest BCUT2D eigenvalue weighted by atomic mass is 32.1. The number of carbonyl (C=O) groups excluding carboxylic acids is 1. The first-order chi connectivity index (χ1) is 10.8. The van der Waals surface area contributed by atoms with Crippen molar-refractivity contribution in [1.29, 1.82) is 0 Å². The normalized spacial score (nSPS) is 17.1. The molecule has 0 spiro atoms. The molecule has 0 unspecified atom stereocenters. The van der Waals surface area contributed by atoms with Crippen molar-refractivity contribution >= 4 is 22.5 Å². The molecular formula is C15H20N4O2S. The van der Waals surface area contributed by atoms with Crippen molar-refractivity contribution in [1.82, 2.24) is 15.2 Å². The van der Waals surface area contributed by atoms with Crippen molar-refractivity contribution in [3.8, 4) is 0 Å². The third-order valence-corrected chi connectivity index (χ3v) is 4.50. The summed E-state index contributed by atoms with van der Waals surface area (Å²) in [6.07, 6.45) is 7.02. The summed E-state index contributed by atoms with van der Waals surface area (Å²) in [5.74, 6) is 0.899. The number of anilines is 1. The maximum Gasteiger partial charge on any atom is 0.321 e. The van der Waals surface area contributed by atoms with E-state index in [1.165, 1.54) is 30.6 Å². The van der Waals surface area contributed by atoms with Crippen LogP contribution >= 0.6 is 11.3 Å². The van der Waals surface area contributed by atoms with Gasteiger partial charge in [0.15, 0.2) is 5.13 Å². The van der Waals surface area contributed by atoms with Crippen molar-refractivity contribution < 1.29 is 9.21 Å². The van der Waals surface area contributed by atoms with Gasteiger partial charge in [0.25, 0.3) is 0 Å². The molecule has 7 heteroatoms. The van der Waals surface area contributed by atoms with Crippen LogP contribution in [0, 0.1) is 0 Å². The van der Waals surface area contributed by atoms with Gasteiger partial charge in [0.05, 0.1) is 12.3 Å². The van der Waals surface area contributed by atoms with Crippen LogP contribution < -0.4 is 10.6 Å². The summed E-state index contributed by atoms with van der Waals surface area (Å²) in [5, 5.41) is 8.09. The Morgan fingerprint density at radius 1 is 1.41 bits per heavy atom. The lowest BCUT2D eigenvalue weighted by atomic mass is 10.1. The number of thiazole rings is 1. The molecule has 1 aliphatic heterocycles. The number of hydrogen-bond donors (Lipinski definition) is 2. The fraction of sp³-hybridized carbons (Fsp3) is 0.467. The average Bonchev–Trinajstić information content (AvgIpc) is 3.22. The van der Waals surface area contributed by atoms with Crippen LogP contribution in [-0.4, -0.2) is 35.5 Å².